The van der Waals surface area contributed by atoms with Crippen molar-refractivity contribution in [2.24, 2.45) is 0 Å². The third-order valence-electron chi connectivity index (χ3n) is 4.82. The lowest BCUT2D eigenvalue weighted by atomic mass is 10.1. The number of carbonyl (C=O) groups is 2. The average molecular weight is 330 g/mol. The van der Waals surface area contributed by atoms with Gasteiger partial charge < -0.3 is 20.0 Å². The highest BCUT2D eigenvalue weighted by Gasteiger charge is 2.35. The lowest BCUT2D eigenvalue weighted by Gasteiger charge is -2.37. The molecule has 1 aromatic carbocycles. The van der Waals surface area contributed by atoms with Crippen molar-refractivity contribution in [1.82, 2.24) is 15.1 Å². The van der Waals surface area contributed by atoms with Crippen LogP contribution in [0.25, 0.3) is 0 Å². The van der Waals surface area contributed by atoms with E-state index in [-0.39, 0.29) is 11.8 Å². The molecule has 0 bridgehead atoms. The molecule has 2 aliphatic rings. The van der Waals surface area contributed by atoms with Gasteiger partial charge in [-0.3, -0.25) is 9.59 Å². The zero-order valence-electron chi connectivity index (χ0n) is 14.5. The van der Waals surface area contributed by atoms with Crippen molar-refractivity contribution in [3.05, 3.63) is 29.8 Å². The Morgan fingerprint density at radius 1 is 1.17 bits per heavy atom. The number of anilines is 1. The first-order chi connectivity index (χ1) is 11.6. The largest absolute Gasteiger partial charge is 0.378 e. The molecule has 0 spiro atoms. The van der Waals surface area contributed by atoms with Crippen LogP contribution < -0.4 is 10.2 Å². The minimum absolute atomic E-state index is 0.0576. The molecule has 24 heavy (non-hydrogen) atoms. The summed E-state index contributed by atoms with van der Waals surface area (Å²) in [5, 5.41) is 3.26. The van der Waals surface area contributed by atoms with Gasteiger partial charge in [-0.25, -0.2) is 0 Å². The first-order valence-corrected chi connectivity index (χ1v) is 8.66. The fourth-order valence-corrected chi connectivity index (χ4v) is 3.40. The smallest absolute Gasteiger partial charge is 0.254 e. The van der Waals surface area contributed by atoms with E-state index in [0.717, 1.165) is 38.2 Å². The second kappa shape index (κ2) is 7.21. The van der Waals surface area contributed by atoms with Gasteiger partial charge in [-0.1, -0.05) is 6.07 Å². The Labute approximate surface area is 143 Å². The van der Waals surface area contributed by atoms with Gasteiger partial charge in [0.25, 0.3) is 5.91 Å². The molecule has 6 heteroatoms. The number of likely N-dealkylation sites (tertiary alicyclic amines) is 1. The molecule has 1 N–H and O–H groups in total. The van der Waals surface area contributed by atoms with Crippen LogP contribution in [-0.2, 0) is 4.79 Å². The lowest BCUT2D eigenvalue weighted by Crippen LogP contribution is -2.59. The monoisotopic (exact) mass is 330 g/mol. The zero-order chi connectivity index (χ0) is 17.1. The van der Waals surface area contributed by atoms with Gasteiger partial charge in [0.15, 0.2) is 0 Å². The molecule has 2 saturated heterocycles. The van der Waals surface area contributed by atoms with E-state index in [9.17, 15) is 9.59 Å². The number of amides is 2. The highest BCUT2D eigenvalue weighted by atomic mass is 16.2. The van der Waals surface area contributed by atoms with Crippen LogP contribution in [0.4, 0.5) is 5.69 Å². The van der Waals surface area contributed by atoms with Crippen LogP contribution in [-0.4, -0.2) is 74.5 Å². The van der Waals surface area contributed by atoms with Gasteiger partial charge >= 0.3 is 0 Å². The van der Waals surface area contributed by atoms with Crippen LogP contribution in [0.3, 0.4) is 0 Å². The molecule has 0 aromatic heterocycles. The summed E-state index contributed by atoms with van der Waals surface area (Å²) in [7, 11) is 3.90. The third kappa shape index (κ3) is 3.38. The van der Waals surface area contributed by atoms with E-state index in [2.05, 4.69) is 5.32 Å². The maximum absolute atomic E-state index is 13.0. The number of hydrogen-bond donors (Lipinski definition) is 1. The third-order valence-corrected chi connectivity index (χ3v) is 4.82. The average Bonchev–Trinajstić information content (AvgIpc) is 3.15. The Morgan fingerprint density at radius 2 is 1.92 bits per heavy atom. The Morgan fingerprint density at radius 3 is 2.62 bits per heavy atom. The normalized spacial score (nSPS) is 21.0. The number of nitrogens with one attached hydrogen (secondary N) is 1. The Kier molecular flexibility index (Phi) is 5.04. The zero-order valence-corrected chi connectivity index (χ0v) is 14.5. The number of carbonyl (C=O) groups excluding carboxylic acids is 2. The molecule has 0 unspecified atom stereocenters. The first kappa shape index (κ1) is 16.8. The summed E-state index contributed by atoms with van der Waals surface area (Å²) in [5.41, 5.74) is 1.63. The van der Waals surface area contributed by atoms with Crippen molar-refractivity contribution in [3.63, 3.8) is 0 Å². The molecule has 2 aliphatic heterocycles. The standard InChI is InChI=1S/C18H26N4O2/c1-20(2)15-7-5-6-14(12-15)17(23)22-11-8-19-13-16(22)18(24)21-9-3-4-10-21/h5-7,12,16,19H,3-4,8-11,13H2,1-2H3/t16-/m1/s1. The number of rotatable bonds is 3. The Bertz CT molecular complexity index is 611. The minimum Gasteiger partial charge on any atom is -0.378 e. The molecule has 0 saturated carbocycles. The van der Waals surface area contributed by atoms with Crippen LogP contribution >= 0.6 is 0 Å². The van der Waals surface area contributed by atoms with Gasteiger partial charge in [-0.15, -0.1) is 0 Å². The van der Waals surface area contributed by atoms with Crippen LogP contribution in [0.15, 0.2) is 24.3 Å². The van der Waals surface area contributed by atoms with E-state index in [1.54, 1.807) is 4.90 Å². The van der Waals surface area contributed by atoms with Crippen molar-refractivity contribution >= 4 is 17.5 Å². The van der Waals surface area contributed by atoms with Crippen LogP contribution in [0.5, 0.6) is 0 Å². The summed E-state index contributed by atoms with van der Waals surface area (Å²) >= 11 is 0. The number of nitrogens with zero attached hydrogens (tertiary/aromatic N) is 3. The van der Waals surface area contributed by atoms with Crippen molar-refractivity contribution in [2.75, 3.05) is 51.7 Å². The molecule has 2 heterocycles. The van der Waals surface area contributed by atoms with Crippen LogP contribution in [0, 0.1) is 0 Å². The highest BCUT2D eigenvalue weighted by Crippen LogP contribution is 2.19. The van der Waals surface area contributed by atoms with E-state index < -0.39 is 6.04 Å². The quantitative estimate of drug-likeness (QED) is 0.890. The van der Waals surface area contributed by atoms with Gasteiger partial charge in [0.05, 0.1) is 0 Å². The lowest BCUT2D eigenvalue weighted by molar-refractivity contribution is -0.135. The molecule has 0 radical (unpaired) electrons. The van der Waals surface area contributed by atoms with Crippen LogP contribution in [0.2, 0.25) is 0 Å². The summed E-state index contributed by atoms with van der Waals surface area (Å²) in [6.45, 7) is 3.45. The van der Waals surface area contributed by atoms with Crippen molar-refractivity contribution in [3.8, 4) is 0 Å². The topological polar surface area (TPSA) is 55.9 Å². The van der Waals surface area contributed by atoms with Gasteiger partial charge in [0, 0.05) is 58.1 Å². The molecule has 2 fully saturated rings. The van der Waals surface area contributed by atoms with Crippen LogP contribution in [0.1, 0.15) is 23.2 Å². The van der Waals surface area contributed by atoms with E-state index in [1.165, 1.54) is 0 Å². The second-order valence-corrected chi connectivity index (χ2v) is 6.70. The molecule has 3 rings (SSSR count). The molecule has 1 atom stereocenters. The molecule has 6 nitrogen and oxygen atoms in total. The van der Waals surface area contributed by atoms with Crippen molar-refractivity contribution < 1.29 is 9.59 Å². The number of hydrogen-bond acceptors (Lipinski definition) is 4. The molecule has 130 valence electrons. The Hall–Kier alpha value is -2.08. The Balaban J connectivity index is 1.80. The first-order valence-electron chi connectivity index (χ1n) is 8.66. The highest BCUT2D eigenvalue weighted by molar-refractivity contribution is 5.98. The number of piperazine rings is 1. The predicted octanol–water partition coefficient (Wildman–Crippen LogP) is 0.789. The van der Waals surface area contributed by atoms with E-state index in [0.29, 0.717) is 18.7 Å². The summed E-state index contributed by atoms with van der Waals surface area (Å²) in [6, 6.07) is 7.19. The van der Waals surface area contributed by atoms with Gasteiger partial charge in [0.1, 0.15) is 6.04 Å². The fraction of sp³-hybridized carbons (Fsp3) is 0.556. The molecular weight excluding hydrogens is 304 g/mol. The summed E-state index contributed by atoms with van der Waals surface area (Å²) in [5.74, 6) is 0.0227. The maximum Gasteiger partial charge on any atom is 0.254 e. The molecule has 0 aliphatic carbocycles. The number of benzene rings is 1. The molecular formula is C18H26N4O2. The van der Waals surface area contributed by atoms with Gasteiger partial charge in [-0.05, 0) is 31.0 Å². The maximum atomic E-state index is 13.0. The van der Waals surface area contributed by atoms with Gasteiger partial charge in [-0.2, -0.15) is 0 Å². The summed E-state index contributed by atoms with van der Waals surface area (Å²) in [6.07, 6.45) is 2.12. The summed E-state index contributed by atoms with van der Waals surface area (Å²) < 4.78 is 0. The fourth-order valence-electron chi connectivity index (χ4n) is 3.40. The summed E-state index contributed by atoms with van der Waals surface area (Å²) in [4.78, 5) is 31.4. The van der Waals surface area contributed by atoms with Crippen molar-refractivity contribution in [1.29, 1.82) is 0 Å². The SMILES string of the molecule is CN(C)c1cccc(C(=O)N2CCNC[C@@H]2C(=O)N2CCCC2)c1. The second-order valence-electron chi connectivity index (χ2n) is 6.70. The van der Waals surface area contributed by atoms with E-state index in [4.69, 9.17) is 0 Å². The molecule has 2 amide bonds. The van der Waals surface area contributed by atoms with E-state index in [1.807, 2.05) is 48.2 Å². The predicted molar refractivity (Wildman–Crippen MR) is 94.3 cm³/mol. The van der Waals surface area contributed by atoms with Crippen molar-refractivity contribution in [2.45, 2.75) is 18.9 Å². The van der Waals surface area contributed by atoms with Gasteiger partial charge in [0.2, 0.25) is 5.91 Å². The van der Waals surface area contributed by atoms with E-state index >= 15 is 0 Å². The molecule has 1 aromatic rings. The minimum atomic E-state index is -0.396.